The Balaban J connectivity index is 0.000000241. The number of esters is 2. The monoisotopic (exact) mass is 912 g/mol. The molecule has 4 aromatic rings. The summed E-state index contributed by atoms with van der Waals surface area (Å²) in [5.41, 5.74) is 13.9. The molecule has 64 heavy (non-hydrogen) atoms. The number of imide groups is 2. The molecule has 334 valence electrons. The van der Waals surface area contributed by atoms with Crippen molar-refractivity contribution in [2.75, 3.05) is 27.3 Å². The summed E-state index contributed by atoms with van der Waals surface area (Å²) in [7, 11) is 2.51. The lowest BCUT2D eigenvalue weighted by Gasteiger charge is -2.16. The number of rotatable bonds is 17. The SMILES string of the molecule is COC(=O)C(Cc1ccc(Oc2ccc(C=C3SC(=O)NC3=O)cc2)cc1)NC(=O)CN.COC(=O)C(Cc1ccc(Oc2ccc(CC3SC(=O)NC3=O)cc2)cc1)NC(=O)CN. The van der Waals surface area contributed by atoms with Gasteiger partial charge in [0, 0.05) is 12.8 Å². The van der Waals surface area contributed by atoms with Crippen LogP contribution >= 0.6 is 23.5 Å². The summed E-state index contributed by atoms with van der Waals surface area (Å²) in [5.74, 6) is -0.290. The van der Waals surface area contributed by atoms with Crippen LogP contribution in [0.1, 0.15) is 22.3 Å². The maximum atomic E-state index is 11.9. The fourth-order valence-corrected chi connectivity index (χ4v) is 7.49. The topological polar surface area (TPSA) is 274 Å². The van der Waals surface area contributed by atoms with Gasteiger partial charge >= 0.3 is 11.9 Å². The van der Waals surface area contributed by atoms with Crippen molar-refractivity contribution in [3.05, 3.63) is 124 Å². The lowest BCUT2D eigenvalue weighted by molar-refractivity contribution is -0.145. The minimum absolute atomic E-state index is 0.218. The number of methoxy groups -OCH3 is 2. The van der Waals surface area contributed by atoms with Crippen LogP contribution in [0.15, 0.2) is 102 Å². The molecule has 20 heteroatoms. The first kappa shape index (κ1) is 48.0. The molecular weight excluding hydrogens is 869 g/mol. The number of benzene rings is 4. The van der Waals surface area contributed by atoms with E-state index in [1.54, 1.807) is 91.0 Å². The zero-order chi connectivity index (χ0) is 46.2. The van der Waals surface area contributed by atoms with E-state index in [0.29, 0.717) is 34.3 Å². The summed E-state index contributed by atoms with van der Waals surface area (Å²) < 4.78 is 21.1. The summed E-state index contributed by atoms with van der Waals surface area (Å²) in [6.07, 6.45) is 2.59. The number of nitrogens with two attached hydrogens (primary N) is 2. The van der Waals surface area contributed by atoms with Crippen LogP contribution < -0.4 is 42.2 Å². The highest BCUT2D eigenvalue weighted by molar-refractivity contribution is 8.18. The van der Waals surface area contributed by atoms with Gasteiger partial charge in [0.15, 0.2) is 0 Å². The lowest BCUT2D eigenvalue weighted by Crippen LogP contribution is -2.45. The Morgan fingerprint density at radius 3 is 1.41 bits per heavy atom. The van der Waals surface area contributed by atoms with E-state index in [1.165, 1.54) is 14.2 Å². The fourth-order valence-electron chi connectivity index (χ4n) is 5.95. The molecule has 0 bridgehead atoms. The summed E-state index contributed by atoms with van der Waals surface area (Å²) >= 11 is 1.86. The molecule has 4 aromatic carbocycles. The van der Waals surface area contributed by atoms with Crippen molar-refractivity contribution in [2.45, 2.75) is 36.6 Å². The van der Waals surface area contributed by atoms with Crippen LogP contribution in [0, 0.1) is 0 Å². The minimum atomic E-state index is -0.833. The van der Waals surface area contributed by atoms with E-state index in [1.807, 2.05) is 12.1 Å². The number of hydrogen-bond donors (Lipinski definition) is 6. The van der Waals surface area contributed by atoms with Gasteiger partial charge in [-0.1, -0.05) is 60.3 Å². The molecule has 0 aliphatic carbocycles. The highest BCUT2D eigenvalue weighted by atomic mass is 32.2. The molecule has 2 saturated heterocycles. The second-order valence-corrected chi connectivity index (χ2v) is 15.9. The van der Waals surface area contributed by atoms with Crippen LogP contribution in [0.5, 0.6) is 23.0 Å². The molecule has 2 fully saturated rings. The quantitative estimate of drug-likeness (QED) is 0.0654. The molecule has 6 amide bonds. The lowest BCUT2D eigenvalue weighted by atomic mass is 10.1. The van der Waals surface area contributed by atoms with Crippen LogP contribution in [-0.2, 0) is 57.5 Å². The van der Waals surface area contributed by atoms with Crippen LogP contribution in [0.3, 0.4) is 0 Å². The predicted octanol–water partition coefficient (Wildman–Crippen LogP) is 3.49. The number of carbonyl (C=O) groups excluding carboxylic acids is 8. The third-order valence-electron chi connectivity index (χ3n) is 9.14. The Bertz CT molecular complexity index is 2380. The maximum Gasteiger partial charge on any atom is 0.328 e. The van der Waals surface area contributed by atoms with Crippen molar-refractivity contribution in [3.8, 4) is 23.0 Å². The Morgan fingerprint density at radius 2 is 1.05 bits per heavy atom. The molecule has 0 spiro atoms. The van der Waals surface area contributed by atoms with E-state index in [4.69, 9.17) is 30.4 Å². The number of ether oxygens (including phenoxy) is 4. The summed E-state index contributed by atoms with van der Waals surface area (Å²) in [6.45, 7) is -0.440. The van der Waals surface area contributed by atoms with Gasteiger partial charge in [-0.25, -0.2) is 9.59 Å². The van der Waals surface area contributed by atoms with E-state index in [2.05, 4.69) is 21.3 Å². The predicted molar refractivity (Wildman–Crippen MR) is 237 cm³/mol. The van der Waals surface area contributed by atoms with Crippen molar-refractivity contribution >= 4 is 75.6 Å². The first-order valence-electron chi connectivity index (χ1n) is 19.4. The van der Waals surface area contributed by atoms with Gasteiger partial charge in [0.1, 0.15) is 35.1 Å². The van der Waals surface area contributed by atoms with Crippen LogP contribution in [0.4, 0.5) is 9.59 Å². The van der Waals surface area contributed by atoms with Gasteiger partial charge in [0.05, 0.1) is 37.5 Å². The highest BCUT2D eigenvalue weighted by Crippen LogP contribution is 2.29. The second kappa shape index (κ2) is 23.4. The van der Waals surface area contributed by atoms with E-state index in [0.717, 1.165) is 45.8 Å². The van der Waals surface area contributed by atoms with Crippen molar-refractivity contribution in [2.24, 2.45) is 11.5 Å². The zero-order valence-corrected chi connectivity index (χ0v) is 36.1. The van der Waals surface area contributed by atoms with Crippen molar-refractivity contribution < 1.29 is 57.3 Å². The minimum Gasteiger partial charge on any atom is -0.467 e. The number of amides is 6. The highest BCUT2D eigenvalue weighted by Gasteiger charge is 2.31. The Hall–Kier alpha value is -7.00. The largest absolute Gasteiger partial charge is 0.467 e. The van der Waals surface area contributed by atoms with E-state index >= 15 is 0 Å². The molecule has 18 nitrogen and oxygen atoms in total. The third kappa shape index (κ3) is 14.5. The molecule has 8 N–H and O–H groups in total. The average molecular weight is 913 g/mol. The first-order valence-corrected chi connectivity index (χ1v) is 21.1. The molecule has 2 heterocycles. The number of carbonyl (C=O) groups is 8. The first-order chi connectivity index (χ1) is 30.7. The van der Waals surface area contributed by atoms with Crippen LogP contribution in [0.2, 0.25) is 0 Å². The smallest absolute Gasteiger partial charge is 0.328 e. The van der Waals surface area contributed by atoms with E-state index in [9.17, 15) is 38.4 Å². The van der Waals surface area contributed by atoms with E-state index in [-0.39, 0.29) is 42.3 Å². The number of nitrogens with one attached hydrogen (secondary N) is 4. The number of thioether (sulfide) groups is 2. The average Bonchev–Trinajstić information content (AvgIpc) is 3.80. The van der Waals surface area contributed by atoms with Crippen molar-refractivity contribution in [1.82, 2.24) is 21.3 Å². The number of hydrogen-bond acceptors (Lipinski definition) is 16. The van der Waals surface area contributed by atoms with Crippen LogP contribution in [0.25, 0.3) is 6.08 Å². The summed E-state index contributed by atoms with van der Waals surface area (Å²) in [4.78, 5) is 93.0. The van der Waals surface area contributed by atoms with Gasteiger partial charge in [0.2, 0.25) is 17.7 Å². The Kier molecular flexibility index (Phi) is 17.6. The Labute approximate surface area is 375 Å². The van der Waals surface area contributed by atoms with Gasteiger partial charge in [-0.3, -0.25) is 39.4 Å². The van der Waals surface area contributed by atoms with Gasteiger partial charge in [-0.2, -0.15) is 0 Å². The zero-order valence-electron chi connectivity index (χ0n) is 34.5. The maximum absolute atomic E-state index is 11.9. The molecule has 0 aromatic heterocycles. The molecule has 2 aliphatic rings. The van der Waals surface area contributed by atoms with Gasteiger partial charge in [-0.15, -0.1) is 0 Å². The second-order valence-electron chi connectivity index (χ2n) is 13.7. The van der Waals surface area contributed by atoms with E-state index < -0.39 is 47.0 Å². The normalized spacial score (nSPS) is 15.8. The molecular formula is C44H44N6O12S2. The summed E-state index contributed by atoms with van der Waals surface area (Å²) in [6, 6.07) is 26.8. The molecule has 3 atom stereocenters. The standard InChI is InChI=1S/C22H23N3O6S.C22H21N3O6S/c2*1-30-21(28)17(24-19(26)12-23)10-13-2-6-15(7-3-13)31-16-8-4-14(5-9-16)11-18-20(27)25-22(29)32-18/h2-9,17-18H,10-12,23H2,1H3,(H,24,26)(H,25,27,29);2-9,11,17H,10,12,23H2,1H3,(H,24,26)(H,25,27,29). The summed E-state index contributed by atoms with van der Waals surface area (Å²) in [5, 5.41) is 8.45. The van der Waals surface area contributed by atoms with Crippen LogP contribution in [-0.4, -0.2) is 90.7 Å². The molecule has 3 unspecified atom stereocenters. The molecule has 6 rings (SSSR count). The van der Waals surface area contributed by atoms with Gasteiger partial charge in [0.25, 0.3) is 16.4 Å². The Morgan fingerprint density at radius 1 is 0.625 bits per heavy atom. The fraction of sp³-hybridized carbons (Fsp3) is 0.227. The van der Waals surface area contributed by atoms with Gasteiger partial charge in [-0.05, 0) is 95.0 Å². The van der Waals surface area contributed by atoms with Gasteiger partial charge < -0.3 is 41.0 Å². The van der Waals surface area contributed by atoms with Crippen molar-refractivity contribution in [3.63, 3.8) is 0 Å². The van der Waals surface area contributed by atoms with Crippen molar-refractivity contribution in [1.29, 1.82) is 0 Å². The molecule has 0 saturated carbocycles. The third-order valence-corrected chi connectivity index (χ3v) is 10.9. The molecule has 0 radical (unpaired) electrons. The molecule has 2 aliphatic heterocycles.